The minimum Gasteiger partial charge on any atom is -0.360 e. The summed E-state index contributed by atoms with van der Waals surface area (Å²) < 4.78 is 2.09. The maximum Gasteiger partial charge on any atom is 0.194 e. The standard InChI is InChI=1S/C17H27N7S/c1-3-15-21-20-14-24(15)8-7-19-17(18-4-2)23-11-9-22(10-12-23)16-6-5-13-25-16/h5-6,13-14H,3-4,7-12H2,1-2H3,(H,18,19). The molecule has 0 atom stereocenters. The summed E-state index contributed by atoms with van der Waals surface area (Å²) in [5.74, 6) is 2.03. The predicted molar refractivity (Wildman–Crippen MR) is 103 cm³/mol. The average molecular weight is 362 g/mol. The molecule has 0 amide bonds. The largest absolute Gasteiger partial charge is 0.360 e. The zero-order valence-electron chi connectivity index (χ0n) is 15.1. The third kappa shape index (κ3) is 4.50. The Hall–Kier alpha value is -2.09. The molecule has 0 bridgehead atoms. The summed E-state index contributed by atoms with van der Waals surface area (Å²) in [6.45, 7) is 10.7. The van der Waals surface area contributed by atoms with Crippen molar-refractivity contribution in [2.24, 2.45) is 4.99 Å². The van der Waals surface area contributed by atoms with Gasteiger partial charge in [0.25, 0.3) is 0 Å². The number of hydrogen-bond donors (Lipinski definition) is 1. The first-order valence-electron chi connectivity index (χ1n) is 9.00. The third-order valence-electron chi connectivity index (χ3n) is 4.35. The second kappa shape index (κ2) is 8.84. The van der Waals surface area contributed by atoms with Crippen molar-refractivity contribution in [1.29, 1.82) is 0 Å². The number of aliphatic imine (C=N–C) groups is 1. The number of piperazine rings is 1. The van der Waals surface area contributed by atoms with Crippen LogP contribution in [0.5, 0.6) is 0 Å². The smallest absolute Gasteiger partial charge is 0.194 e. The van der Waals surface area contributed by atoms with E-state index < -0.39 is 0 Å². The number of aromatic nitrogens is 3. The maximum absolute atomic E-state index is 4.81. The zero-order chi connectivity index (χ0) is 17.5. The molecule has 25 heavy (non-hydrogen) atoms. The molecule has 7 nitrogen and oxygen atoms in total. The third-order valence-corrected chi connectivity index (χ3v) is 5.28. The van der Waals surface area contributed by atoms with Crippen molar-refractivity contribution >= 4 is 22.3 Å². The molecule has 0 spiro atoms. The lowest BCUT2D eigenvalue weighted by Gasteiger charge is -2.37. The first kappa shape index (κ1) is 17.7. The van der Waals surface area contributed by atoms with Gasteiger partial charge in [-0.2, -0.15) is 0 Å². The quantitative estimate of drug-likeness (QED) is 0.627. The van der Waals surface area contributed by atoms with E-state index in [-0.39, 0.29) is 0 Å². The van der Waals surface area contributed by atoms with E-state index in [4.69, 9.17) is 4.99 Å². The van der Waals surface area contributed by atoms with Crippen LogP contribution in [0.4, 0.5) is 5.00 Å². The van der Waals surface area contributed by atoms with Gasteiger partial charge in [0.2, 0.25) is 0 Å². The van der Waals surface area contributed by atoms with Crippen LogP contribution in [-0.2, 0) is 13.0 Å². The molecular weight excluding hydrogens is 334 g/mol. The van der Waals surface area contributed by atoms with E-state index in [2.05, 4.69) is 61.2 Å². The first-order chi connectivity index (χ1) is 12.3. The molecule has 1 aliphatic heterocycles. The van der Waals surface area contributed by atoms with Crippen LogP contribution in [0.25, 0.3) is 0 Å². The van der Waals surface area contributed by atoms with Crippen LogP contribution in [0.3, 0.4) is 0 Å². The molecule has 3 rings (SSSR count). The van der Waals surface area contributed by atoms with Crippen molar-refractivity contribution in [1.82, 2.24) is 25.0 Å². The summed E-state index contributed by atoms with van der Waals surface area (Å²) >= 11 is 1.81. The molecule has 1 fully saturated rings. The lowest BCUT2D eigenvalue weighted by atomic mass is 10.3. The van der Waals surface area contributed by atoms with E-state index in [0.29, 0.717) is 0 Å². The molecule has 2 aromatic heterocycles. The van der Waals surface area contributed by atoms with Crippen molar-refractivity contribution in [3.05, 3.63) is 29.7 Å². The number of guanidine groups is 1. The fourth-order valence-corrected chi connectivity index (χ4v) is 3.80. The highest BCUT2D eigenvalue weighted by Gasteiger charge is 2.20. The van der Waals surface area contributed by atoms with Crippen molar-refractivity contribution < 1.29 is 0 Å². The zero-order valence-corrected chi connectivity index (χ0v) is 15.9. The fourth-order valence-electron chi connectivity index (χ4n) is 3.02. The Morgan fingerprint density at radius 2 is 2.12 bits per heavy atom. The van der Waals surface area contributed by atoms with Gasteiger partial charge in [0.15, 0.2) is 5.96 Å². The second-order valence-electron chi connectivity index (χ2n) is 5.96. The van der Waals surface area contributed by atoms with Crippen LogP contribution in [0, 0.1) is 0 Å². The lowest BCUT2D eigenvalue weighted by molar-refractivity contribution is 0.373. The summed E-state index contributed by atoms with van der Waals surface area (Å²) in [5.41, 5.74) is 0. The molecule has 136 valence electrons. The molecule has 2 aromatic rings. The van der Waals surface area contributed by atoms with Gasteiger partial charge in [-0.15, -0.1) is 21.5 Å². The normalized spacial score (nSPS) is 15.7. The molecular formula is C17H27N7S. The van der Waals surface area contributed by atoms with Crippen molar-refractivity contribution in [2.45, 2.75) is 26.8 Å². The van der Waals surface area contributed by atoms with Gasteiger partial charge in [-0.05, 0) is 24.4 Å². The highest BCUT2D eigenvalue weighted by molar-refractivity contribution is 7.14. The Morgan fingerprint density at radius 3 is 2.80 bits per heavy atom. The molecule has 1 aliphatic rings. The molecule has 3 heterocycles. The van der Waals surface area contributed by atoms with Crippen molar-refractivity contribution in [3.63, 3.8) is 0 Å². The molecule has 0 unspecified atom stereocenters. The molecule has 0 saturated carbocycles. The number of thiophene rings is 1. The van der Waals surface area contributed by atoms with Gasteiger partial charge in [0.05, 0.1) is 11.5 Å². The number of nitrogens with zero attached hydrogens (tertiary/aromatic N) is 6. The van der Waals surface area contributed by atoms with Crippen molar-refractivity contribution in [3.8, 4) is 0 Å². The van der Waals surface area contributed by atoms with Crippen LogP contribution < -0.4 is 10.2 Å². The van der Waals surface area contributed by atoms with E-state index in [0.717, 1.165) is 64.0 Å². The Kier molecular flexibility index (Phi) is 6.27. The first-order valence-corrected chi connectivity index (χ1v) is 9.88. The van der Waals surface area contributed by atoms with Gasteiger partial charge < -0.3 is 19.7 Å². The highest BCUT2D eigenvalue weighted by Crippen LogP contribution is 2.22. The summed E-state index contributed by atoms with van der Waals surface area (Å²) in [6, 6.07) is 4.32. The van der Waals surface area contributed by atoms with Crippen LogP contribution in [0.1, 0.15) is 19.7 Å². The summed E-state index contributed by atoms with van der Waals surface area (Å²) in [6.07, 6.45) is 2.69. The molecule has 0 aliphatic carbocycles. The van der Waals surface area contributed by atoms with E-state index >= 15 is 0 Å². The topological polar surface area (TPSA) is 61.6 Å². The van der Waals surface area contributed by atoms with Crippen LogP contribution in [0.15, 0.2) is 28.8 Å². The Bertz CT molecular complexity index is 656. The molecule has 1 saturated heterocycles. The maximum atomic E-state index is 4.81. The fraction of sp³-hybridized carbons (Fsp3) is 0.588. The monoisotopic (exact) mass is 361 g/mol. The summed E-state index contributed by atoms with van der Waals surface area (Å²) in [5, 5.41) is 15.0. The molecule has 8 heteroatoms. The van der Waals surface area contributed by atoms with Crippen LogP contribution in [-0.4, -0.2) is 64.9 Å². The van der Waals surface area contributed by atoms with Gasteiger partial charge in [-0.25, -0.2) is 0 Å². The van der Waals surface area contributed by atoms with Crippen LogP contribution in [0.2, 0.25) is 0 Å². The SMILES string of the molecule is CCNC(=NCCn1cnnc1CC)N1CCN(c2cccs2)CC1. The number of hydrogen-bond acceptors (Lipinski definition) is 5. The van der Waals surface area contributed by atoms with Crippen LogP contribution >= 0.6 is 11.3 Å². The van der Waals surface area contributed by atoms with E-state index in [1.165, 1.54) is 5.00 Å². The highest BCUT2D eigenvalue weighted by atomic mass is 32.1. The van der Waals surface area contributed by atoms with Gasteiger partial charge in [0.1, 0.15) is 12.2 Å². The second-order valence-corrected chi connectivity index (χ2v) is 6.88. The lowest BCUT2D eigenvalue weighted by Crippen LogP contribution is -2.52. The Labute approximate surface area is 153 Å². The number of aryl methyl sites for hydroxylation is 1. The minimum atomic E-state index is 0.735. The minimum absolute atomic E-state index is 0.735. The van der Waals surface area contributed by atoms with Gasteiger partial charge in [0, 0.05) is 45.7 Å². The van der Waals surface area contributed by atoms with E-state index in [1.54, 1.807) is 6.33 Å². The average Bonchev–Trinajstić information content (AvgIpc) is 3.33. The van der Waals surface area contributed by atoms with Gasteiger partial charge >= 0.3 is 0 Å². The van der Waals surface area contributed by atoms with Gasteiger partial charge in [-0.1, -0.05) is 6.92 Å². The summed E-state index contributed by atoms with van der Waals surface area (Å²) in [4.78, 5) is 9.63. The molecule has 1 N–H and O–H groups in total. The predicted octanol–water partition coefficient (Wildman–Crippen LogP) is 1.69. The van der Waals surface area contributed by atoms with E-state index in [9.17, 15) is 0 Å². The number of anilines is 1. The Balaban J connectivity index is 1.55. The Morgan fingerprint density at radius 1 is 1.28 bits per heavy atom. The molecule has 0 aromatic carbocycles. The van der Waals surface area contributed by atoms with Gasteiger partial charge in [-0.3, -0.25) is 4.99 Å². The number of rotatable bonds is 6. The molecule has 0 radical (unpaired) electrons. The number of nitrogens with one attached hydrogen (secondary N) is 1. The summed E-state index contributed by atoms with van der Waals surface area (Å²) in [7, 11) is 0. The van der Waals surface area contributed by atoms with Crippen molar-refractivity contribution in [2.75, 3.05) is 44.2 Å². The van der Waals surface area contributed by atoms with E-state index in [1.807, 2.05) is 11.3 Å².